The van der Waals surface area contributed by atoms with Crippen LogP contribution in [0.1, 0.15) is 43.7 Å². The van der Waals surface area contributed by atoms with Gasteiger partial charge in [0, 0.05) is 12.1 Å². The summed E-state index contributed by atoms with van der Waals surface area (Å²) in [4.78, 5) is 0. The van der Waals surface area contributed by atoms with Gasteiger partial charge in [-0.25, -0.2) is 0 Å². The second-order valence-electron chi connectivity index (χ2n) is 4.93. The molecule has 0 radical (unpaired) electrons. The Morgan fingerprint density at radius 2 is 2.00 bits per heavy atom. The van der Waals surface area contributed by atoms with Crippen LogP contribution in [-0.4, -0.2) is 12.1 Å². The van der Waals surface area contributed by atoms with Crippen LogP contribution in [0.15, 0.2) is 24.3 Å². The van der Waals surface area contributed by atoms with Crippen LogP contribution >= 0.6 is 0 Å². The van der Waals surface area contributed by atoms with Crippen LogP contribution in [0.3, 0.4) is 0 Å². The maximum atomic E-state index is 3.67. The molecule has 0 saturated heterocycles. The van der Waals surface area contributed by atoms with E-state index in [1.165, 1.54) is 24.0 Å². The highest BCUT2D eigenvalue weighted by atomic mass is 15.0. The van der Waals surface area contributed by atoms with Gasteiger partial charge in [-0.1, -0.05) is 36.8 Å². The zero-order chi connectivity index (χ0) is 10.8. The first-order chi connectivity index (χ1) is 7.16. The molecule has 0 bridgehead atoms. The molecular formula is C14H21N. The van der Waals surface area contributed by atoms with E-state index in [1.54, 1.807) is 0 Å². The summed E-state index contributed by atoms with van der Waals surface area (Å²) in [7, 11) is 0. The molecule has 1 heteroatoms. The van der Waals surface area contributed by atoms with Crippen molar-refractivity contribution in [3.8, 4) is 0 Å². The van der Waals surface area contributed by atoms with E-state index in [9.17, 15) is 0 Å². The van der Waals surface area contributed by atoms with Crippen LogP contribution in [0.25, 0.3) is 0 Å². The highest BCUT2D eigenvalue weighted by Gasteiger charge is 2.25. The summed E-state index contributed by atoms with van der Waals surface area (Å²) >= 11 is 0. The average Bonchev–Trinajstić information content (AvgIpc) is 3.00. The maximum Gasteiger partial charge on any atom is 0.0107 e. The van der Waals surface area contributed by atoms with E-state index in [-0.39, 0.29) is 0 Å². The van der Waals surface area contributed by atoms with Crippen LogP contribution in [0.5, 0.6) is 0 Å². The minimum absolute atomic E-state index is 0.583. The third kappa shape index (κ3) is 2.82. The van der Waals surface area contributed by atoms with Gasteiger partial charge in [-0.05, 0) is 38.2 Å². The Labute approximate surface area is 92.9 Å². The molecule has 82 valence electrons. The monoisotopic (exact) mass is 203 g/mol. The van der Waals surface area contributed by atoms with Crippen molar-refractivity contribution in [3.63, 3.8) is 0 Å². The fourth-order valence-electron chi connectivity index (χ4n) is 2.01. The van der Waals surface area contributed by atoms with Crippen LogP contribution in [0.4, 0.5) is 0 Å². The van der Waals surface area contributed by atoms with Crippen molar-refractivity contribution in [3.05, 3.63) is 35.4 Å². The molecule has 0 spiro atoms. The van der Waals surface area contributed by atoms with Gasteiger partial charge >= 0.3 is 0 Å². The molecule has 1 aromatic rings. The second-order valence-corrected chi connectivity index (χ2v) is 4.93. The van der Waals surface area contributed by atoms with E-state index in [2.05, 4.69) is 50.4 Å². The van der Waals surface area contributed by atoms with E-state index in [1.807, 2.05) is 0 Å². The van der Waals surface area contributed by atoms with Crippen molar-refractivity contribution in [2.45, 2.75) is 51.6 Å². The Kier molecular flexibility index (Phi) is 3.11. The van der Waals surface area contributed by atoms with E-state index in [0.717, 1.165) is 6.04 Å². The normalized spacial score (nSPS) is 19.9. The lowest BCUT2D eigenvalue weighted by Crippen LogP contribution is -2.32. The van der Waals surface area contributed by atoms with Gasteiger partial charge < -0.3 is 5.32 Å². The molecule has 2 unspecified atom stereocenters. The average molecular weight is 203 g/mol. The minimum Gasteiger partial charge on any atom is -0.311 e. The Balaban J connectivity index is 2.01. The highest BCUT2D eigenvalue weighted by Crippen LogP contribution is 2.25. The molecule has 2 atom stereocenters. The molecule has 1 aliphatic rings. The van der Waals surface area contributed by atoms with E-state index >= 15 is 0 Å². The minimum atomic E-state index is 0.583. The predicted octanol–water partition coefficient (Wildman–Crippen LogP) is 3.24. The molecular weight excluding hydrogens is 182 g/mol. The smallest absolute Gasteiger partial charge is 0.0107 e. The van der Waals surface area contributed by atoms with Gasteiger partial charge in [0.1, 0.15) is 0 Å². The van der Waals surface area contributed by atoms with Crippen LogP contribution < -0.4 is 5.32 Å². The standard InChI is InChI=1S/C14H21N/c1-10-5-4-6-13(9-10)11(2)12(3)15-14-7-8-14/h4-6,9,11-12,14-15H,7-8H2,1-3H3. The first-order valence-electron chi connectivity index (χ1n) is 5.99. The lowest BCUT2D eigenvalue weighted by Gasteiger charge is -2.22. The largest absolute Gasteiger partial charge is 0.311 e. The van der Waals surface area contributed by atoms with Gasteiger partial charge in [0.2, 0.25) is 0 Å². The molecule has 0 aliphatic heterocycles. The predicted molar refractivity (Wildman–Crippen MR) is 65.2 cm³/mol. The van der Waals surface area contributed by atoms with Crippen molar-refractivity contribution in [2.75, 3.05) is 0 Å². The summed E-state index contributed by atoms with van der Waals surface area (Å²) in [6.45, 7) is 6.77. The molecule has 0 amide bonds. The summed E-state index contributed by atoms with van der Waals surface area (Å²) in [6, 6.07) is 10.2. The van der Waals surface area contributed by atoms with Gasteiger partial charge in [-0.2, -0.15) is 0 Å². The van der Waals surface area contributed by atoms with Crippen molar-refractivity contribution in [1.29, 1.82) is 0 Å². The van der Waals surface area contributed by atoms with E-state index in [4.69, 9.17) is 0 Å². The van der Waals surface area contributed by atoms with Crippen molar-refractivity contribution in [1.82, 2.24) is 5.32 Å². The number of nitrogens with one attached hydrogen (secondary N) is 1. The molecule has 15 heavy (non-hydrogen) atoms. The zero-order valence-corrected chi connectivity index (χ0v) is 9.96. The van der Waals surface area contributed by atoms with E-state index < -0.39 is 0 Å². The van der Waals surface area contributed by atoms with Gasteiger partial charge in [0.05, 0.1) is 0 Å². The third-order valence-electron chi connectivity index (χ3n) is 3.39. The molecule has 1 N–H and O–H groups in total. The lowest BCUT2D eigenvalue weighted by atomic mass is 9.93. The van der Waals surface area contributed by atoms with Gasteiger partial charge in [-0.15, -0.1) is 0 Å². The number of benzene rings is 1. The molecule has 0 heterocycles. The topological polar surface area (TPSA) is 12.0 Å². The molecule has 1 aromatic carbocycles. The Bertz CT molecular complexity index is 328. The fourth-order valence-corrected chi connectivity index (χ4v) is 2.01. The molecule has 2 rings (SSSR count). The molecule has 1 saturated carbocycles. The first-order valence-corrected chi connectivity index (χ1v) is 5.99. The molecule has 0 aromatic heterocycles. The molecule has 1 nitrogen and oxygen atoms in total. The third-order valence-corrected chi connectivity index (χ3v) is 3.39. The van der Waals surface area contributed by atoms with Crippen LogP contribution in [0, 0.1) is 6.92 Å². The number of hydrogen-bond donors (Lipinski definition) is 1. The Hall–Kier alpha value is -0.820. The highest BCUT2D eigenvalue weighted by molar-refractivity contribution is 5.26. The van der Waals surface area contributed by atoms with Gasteiger partial charge in [-0.3, -0.25) is 0 Å². The number of aryl methyl sites for hydroxylation is 1. The van der Waals surface area contributed by atoms with Gasteiger partial charge in [0.15, 0.2) is 0 Å². The van der Waals surface area contributed by atoms with E-state index in [0.29, 0.717) is 12.0 Å². The quantitative estimate of drug-likeness (QED) is 0.792. The van der Waals surface area contributed by atoms with Crippen molar-refractivity contribution < 1.29 is 0 Å². The Morgan fingerprint density at radius 1 is 1.27 bits per heavy atom. The summed E-state index contributed by atoms with van der Waals surface area (Å²) in [5.41, 5.74) is 2.81. The second kappa shape index (κ2) is 4.36. The SMILES string of the molecule is Cc1cccc(C(C)C(C)NC2CC2)c1. The first kappa shape index (κ1) is 10.7. The maximum absolute atomic E-state index is 3.67. The summed E-state index contributed by atoms with van der Waals surface area (Å²) in [6.07, 6.45) is 2.73. The van der Waals surface area contributed by atoms with Crippen LogP contribution in [-0.2, 0) is 0 Å². The van der Waals surface area contributed by atoms with Crippen molar-refractivity contribution in [2.24, 2.45) is 0 Å². The summed E-state index contributed by atoms with van der Waals surface area (Å²) < 4.78 is 0. The van der Waals surface area contributed by atoms with Crippen molar-refractivity contribution >= 4 is 0 Å². The number of rotatable bonds is 4. The van der Waals surface area contributed by atoms with Crippen LogP contribution in [0.2, 0.25) is 0 Å². The summed E-state index contributed by atoms with van der Waals surface area (Å²) in [5, 5.41) is 3.67. The molecule has 1 fully saturated rings. The molecule has 1 aliphatic carbocycles. The Morgan fingerprint density at radius 3 is 2.60 bits per heavy atom. The summed E-state index contributed by atoms with van der Waals surface area (Å²) in [5.74, 6) is 0.602. The lowest BCUT2D eigenvalue weighted by molar-refractivity contribution is 0.478. The zero-order valence-electron chi connectivity index (χ0n) is 9.96. The fraction of sp³-hybridized carbons (Fsp3) is 0.571. The number of hydrogen-bond acceptors (Lipinski definition) is 1. The van der Waals surface area contributed by atoms with Gasteiger partial charge in [0.25, 0.3) is 0 Å².